The van der Waals surface area contributed by atoms with Gasteiger partial charge in [-0.2, -0.15) is 0 Å². The number of ether oxygens (including phenoxy) is 2. The van der Waals surface area contributed by atoms with Gasteiger partial charge in [-0.1, -0.05) is 29.8 Å². The molecule has 0 radical (unpaired) electrons. The van der Waals surface area contributed by atoms with Crippen molar-refractivity contribution >= 4 is 34.4 Å². The molecule has 0 saturated heterocycles. The number of nitrogens with zero attached hydrogens (tertiary/aromatic N) is 1. The highest BCUT2D eigenvalue weighted by Crippen LogP contribution is 2.35. The van der Waals surface area contributed by atoms with Crippen LogP contribution in [0.1, 0.15) is 42.4 Å². The first-order valence-corrected chi connectivity index (χ1v) is 9.69. The lowest BCUT2D eigenvalue weighted by atomic mass is 10.1. The number of rotatable bonds is 4. The summed E-state index contributed by atoms with van der Waals surface area (Å²) < 4.78 is 12.4. The first-order chi connectivity index (χ1) is 13.6. The standard InChI is InChI=1S/C23H24ClNO4/c1-14-16(12-21(26)29-23(2,3)4)17-11-20(28-5)18(24)13-19(17)25(14)22(27)15-9-7-6-8-10-15/h6-11,13H,12H2,1-5H3. The highest BCUT2D eigenvalue weighted by molar-refractivity contribution is 6.33. The molecule has 29 heavy (non-hydrogen) atoms. The highest BCUT2D eigenvalue weighted by atomic mass is 35.5. The molecule has 0 aliphatic rings. The minimum Gasteiger partial charge on any atom is -0.495 e. The number of carbonyl (C=O) groups excluding carboxylic acids is 2. The Hall–Kier alpha value is -2.79. The van der Waals surface area contributed by atoms with Gasteiger partial charge in [0, 0.05) is 16.6 Å². The van der Waals surface area contributed by atoms with Crippen molar-refractivity contribution in [3.63, 3.8) is 0 Å². The molecule has 6 heteroatoms. The molecule has 3 rings (SSSR count). The van der Waals surface area contributed by atoms with Gasteiger partial charge in [-0.25, -0.2) is 0 Å². The molecule has 0 saturated carbocycles. The number of halogens is 1. The maximum Gasteiger partial charge on any atom is 0.310 e. The summed E-state index contributed by atoms with van der Waals surface area (Å²) in [6.45, 7) is 7.29. The predicted octanol–water partition coefficient (Wildman–Crippen LogP) is 5.18. The Morgan fingerprint density at radius 2 is 1.76 bits per heavy atom. The summed E-state index contributed by atoms with van der Waals surface area (Å²) in [5.41, 5.74) is 1.96. The van der Waals surface area contributed by atoms with Crippen molar-refractivity contribution in [3.05, 3.63) is 64.3 Å². The zero-order chi connectivity index (χ0) is 21.3. The average molecular weight is 414 g/mol. The summed E-state index contributed by atoms with van der Waals surface area (Å²) in [6.07, 6.45) is 0.0411. The van der Waals surface area contributed by atoms with E-state index in [0.29, 0.717) is 33.1 Å². The molecule has 2 aromatic carbocycles. The highest BCUT2D eigenvalue weighted by Gasteiger charge is 2.25. The molecule has 0 unspecified atom stereocenters. The third-order valence-corrected chi connectivity index (χ3v) is 4.87. The molecule has 5 nitrogen and oxygen atoms in total. The molecular weight excluding hydrogens is 390 g/mol. The van der Waals surface area contributed by atoms with Crippen LogP contribution in [0.4, 0.5) is 0 Å². The quantitative estimate of drug-likeness (QED) is 0.552. The summed E-state index contributed by atoms with van der Waals surface area (Å²) in [6, 6.07) is 12.4. The van der Waals surface area contributed by atoms with E-state index in [4.69, 9.17) is 21.1 Å². The molecule has 1 heterocycles. The van der Waals surface area contributed by atoms with Gasteiger partial charge >= 0.3 is 5.97 Å². The topological polar surface area (TPSA) is 57.5 Å². The Labute approximate surface area is 175 Å². The number of aromatic nitrogens is 1. The van der Waals surface area contributed by atoms with Crippen LogP contribution in [0.15, 0.2) is 42.5 Å². The van der Waals surface area contributed by atoms with E-state index in [1.807, 2.05) is 45.9 Å². The van der Waals surface area contributed by atoms with E-state index in [2.05, 4.69) is 0 Å². The van der Waals surface area contributed by atoms with Gasteiger partial charge in [0.1, 0.15) is 11.4 Å². The summed E-state index contributed by atoms with van der Waals surface area (Å²) in [4.78, 5) is 25.8. The second kappa shape index (κ2) is 7.91. The van der Waals surface area contributed by atoms with Gasteiger partial charge in [0.05, 0.1) is 24.1 Å². The van der Waals surface area contributed by atoms with Crippen molar-refractivity contribution in [3.8, 4) is 5.75 Å². The van der Waals surface area contributed by atoms with E-state index >= 15 is 0 Å². The normalized spacial score (nSPS) is 11.5. The molecule has 0 aliphatic carbocycles. The third kappa shape index (κ3) is 4.30. The van der Waals surface area contributed by atoms with Crippen LogP contribution < -0.4 is 4.74 Å². The van der Waals surface area contributed by atoms with Crippen molar-refractivity contribution in [2.24, 2.45) is 0 Å². The zero-order valence-electron chi connectivity index (χ0n) is 17.2. The van der Waals surface area contributed by atoms with Gasteiger partial charge in [-0.15, -0.1) is 0 Å². The number of methoxy groups -OCH3 is 1. The minimum absolute atomic E-state index is 0.0411. The fourth-order valence-electron chi connectivity index (χ4n) is 3.35. The molecule has 0 bridgehead atoms. The molecule has 0 amide bonds. The van der Waals surface area contributed by atoms with Crippen LogP contribution in [0.25, 0.3) is 10.9 Å². The van der Waals surface area contributed by atoms with Gasteiger partial charge in [0.15, 0.2) is 0 Å². The van der Waals surface area contributed by atoms with Gasteiger partial charge in [-0.3, -0.25) is 14.2 Å². The zero-order valence-corrected chi connectivity index (χ0v) is 18.0. The maximum atomic E-state index is 13.2. The number of hydrogen-bond donors (Lipinski definition) is 0. The van der Waals surface area contributed by atoms with Crippen LogP contribution in [0.5, 0.6) is 5.75 Å². The molecule has 152 valence electrons. The van der Waals surface area contributed by atoms with Crippen molar-refractivity contribution in [2.45, 2.75) is 39.7 Å². The summed E-state index contributed by atoms with van der Waals surface area (Å²) >= 11 is 6.34. The Kier molecular flexibility index (Phi) is 5.71. The van der Waals surface area contributed by atoms with E-state index in [1.54, 1.807) is 28.8 Å². The molecule has 0 atom stereocenters. The molecular formula is C23H24ClNO4. The van der Waals surface area contributed by atoms with E-state index < -0.39 is 5.60 Å². The minimum atomic E-state index is -0.593. The lowest BCUT2D eigenvalue weighted by molar-refractivity contribution is -0.153. The summed E-state index contributed by atoms with van der Waals surface area (Å²) in [5.74, 6) is -0.0700. The monoisotopic (exact) mass is 413 g/mol. The Morgan fingerprint density at radius 1 is 1.10 bits per heavy atom. The van der Waals surface area contributed by atoms with Crippen LogP contribution in [0.2, 0.25) is 5.02 Å². The largest absolute Gasteiger partial charge is 0.495 e. The fourth-order valence-corrected chi connectivity index (χ4v) is 3.59. The van der Waals surface area contributed by atoms with Crippen molar-refractivity contribution in [1.82, 2.24) is 4.57 Å². The van der Waals surface area contributed by atoms with Crippen LogP contribution in [-0.4, -0.2) is 29.2 Å². The van der Waals surface area contributed by atoms with Crippen molar-refractivity contribution < 1.29 is 19.1 Å². The van der Waals surface area contributed by atoms with Gasteiger partial charge in [0.2, 0.25) is 0 Å². The number of benzene rings is 2. The molecule has 0 N–H and O–H groups in total. The molecule has 1 aromatic heterocycles. The first kappa shape index (κ1) is 20.9. The van der Waals surface area contributed by atoms with Crippen LogP contribution in [0.3, 0.4) is 0 Å². The molecule has 3 aromatic rings. The lowest BCUT2D eigenvalue weighted by Crippen LogP contribution is -2.25. The number of fused-ring (bicyclic) bond motifs is 1. The molecule has 0 fully saturated rings. The Morgan fingerprint density at radius 3 is 2.34 bits per heavy atom. The van der Waals surface area contributed by atoms with Gasteiger partial charge in [-0.05, 0) is 57.5 Å². The summed E-state index contributed by atoms with van der Waals surface area (Å²) in [7, 11) is 1.53. The SMILES string of the molecule is COc1cc2c(CC(=O)OC(C)(C)C)c(C)n(C(=O)c3ccccc3)c2cc1Cl. The lowest BCUT2D eigenvalue weighted by Gasteiger charge is -2.19. The maximum absolute atomic E-state index is 13.2. The molecule has 0 spiro atoms. The van der Waals surface area contributed by atoms with Gasteiger partial charge in [0.25, 0.3) is 5.91 Å². The smallest absolute Gasteiger partial charge is 0.310 e. The second-order valence-electron chi connectivity index (χ2n) is 7.84. The van der Waals surface area contributed by atoms with E-state index in [1.165, 1.54) is 7.11 Å². The summed E-state index contributed by atoms with van der Waals surface area (Å²) in [5, 5.41) is 1.13. The number of hydrogen-bond acceptors (Lipinski definition) is 4. The predicted molar refractivity (Wildman–Crippen MR) is 114 cm³/mol. The first-order valence-electron chi connectivity index (χ1n) is 9.31. The average Bonchev–Trinajstić information content (AvgIpc) is 2.90. The van der Waals surface area contributed by atoms with E-state index in [-0.39, 0.29) is 18.3 Å². The Bertz CT molecular complexity index is 1080. The van der Waals surface area contributed by atoms with E-state index in [9.17, 15) is 9.59 Å². The number of esters is 1. The van der Waals surface area contributed by atoms with Crippen LogP contribution in [-0.2, 0) is 16.0 Å². The fraction of sp³-hybridized carbons (Fsp3) is 0.304. The van der Waals surface area contributed by atoms with Crippen LogP contribution >= 0.6 is 11.6 Å². The van der Waals surface area contributed by atoms with Crippen molar-refractivity contribution in [1.29, 1.82) is 0 Å². The third-order valence-electron chi connectivity index (χ3n) is 4.57. The van der Waals surface area contributed by atoms with E-state index in [0.717, 1.165) is 5.39 Å². The van der Waals surface area contributed by atoms with Gasteiger partial charge < -0.3 is 9.47 Å². The Balaban J connectivity index is 2.19. The number of carbonyl (C=O) groups is 2. The second-order valence-corrected chi connectivity index (χ2v) is 8.24. The molecule has 0 aliphatic heterocycles. The van der Waals surface area contributed by atoms with Crippen LogP contribution in [0, 0.1) is 6.92 Å². The van der Waals surface area contributed by atoms with Crippen molar-refractivity contribution in [2.75, 3.05) is 7.11 Å².